The zero-order valence-electron chi connectivity index (χ0n) is 74.6. The van der Waals surface area contributed by atoms with Gasteiger partial charge in [0.1, 0.15) is 84.3 Å². The average molecular weight is 1870 g/mol. The first kappa shape index (κ1) is 104. The molecule has 3 aliphatic rings. The van der Waals surface area contributed by atoms with Gasteiger partial charge in [0, 0.05) is 115 Å². The number of carboxylic acids is 1. The minimum Gasteiger partial charge on any atom is -0.508 e. The predicted octanol–water partition coefficient (Wildman–Crippen LogP) is -1.28. The van der Waals surface area contributed by atoms with Crippen molar-refractivity contribution in [2.24, 2.45) is 17.4 Å². The number of phenols is 1. The summed E-state index contributed by atoms with van der Waals surface area (Å²) >= 11 is 0.615. The van der Waals surface area contributed by atoms with E-state index in [4.69, 9.17) is 11.5 Å². The molecule has 3 aliphatic heterocycles. The molecule has 4 heterocycles. The molecule has 0 unspecified atom stereocenters. The number of para-hydroxylation sites is 1. The van der Waals surface area contributed by atoms with Crippen LogP contribution in [0, 0.1) is 23.4 Å². The SMILES string of the molecule is CCCC[C@H]1C(=O)N2C[C@H](O)C[C@@H]2C(=O)N[C@@H](CC(=O)O)C(=O)N[C@@H](C(C)C)C(=O)N(C)[C@@H](Cc2ccccc2)C(=O)N[C@@H](CCCN)C(=O)N2CCNC[C@@H]2C(=O)N[C@H](Cc2c[nH]c3ccccc23)C(=O)N[C@@H](Cc2ccc(O)cc2)C(=O)N[C@@H](CCO)C(=O)N[C@H](C(=O)NCC(N)=O)CSCC(=O)N[C@@H](Cc2cc(F)c(F)c(F)c2)C(=O)N(C)[C@@H](Cc2ccccc2)C(=O)N1C. The Bertz CT molecular complexity index is 5120. The fourth-order valence-electron chi connectivity index (χ4n) is 16.1. The Morgan fingerprint density at radius 2 is 1.11 bits per heavy atom. The normalized spacial score (nSPS) is 24.2. The number of nitrogens with zero attached hydrogens (tertiary/aromatic N) is 5. The highest BCUT2D eigenvalue weighted by Crippen LogP contribution is 2.28. The number of fused-ring (bicyclic) bond motifs is 3. The number of aliphatic carboxylic acids is 1. The van der Waals surface area contributed by atoms with Crippen molar-refractivity contribution < 1.29 is 110 Å². The molecule has 14 atom stereocenters. The molecule has 6 aromatic rings. The van der Waals surface area contributed by atoms with Crippen LogP contribution < -0.4 is 64.6 Å². The predicted molar refractivity (Wildman–Crippen MR) is 480 cm³/mol. The minimum atomic E-state index is -2.03. The molecule has 0 radical (unpaired) electrons. The second kappa shape index (κ2) is 49.4. The molecule has 0 saturated carbocycles. The Labute approximate surface area is 769 Å². The number of rotatable bonds is 24. The van der Waals surface area contributed by atoms with Gasteiger partial charge in [0.15, 0.2) is 17.5 Å². The van der Waals surface area contributed by atoms with Crippen LogP contribution in [0.4, 0.5) is 13.2 Å². The number of nitrogens with one attached hydrogen (secondary N) is 11. The molecule has 1 aromatic heterocycles. The highest BCUT2D eigenvalue weighted by molar-refractivity contribution is 8.00. The maximum Gasteiger partial charge on any atom is 0.305 e. The molecule has 3 fully saturated rings. The van der Waals surface area contributed by atoms with E-state index in [1.165, 1.54) is 57.1 Å². The lowest BCUT2D eigenvalue weighted by Crippen LogP contribution is -2.65. The fourth-order valence-corrected chi connectivity index (χ4v) is 17.0. The number of piperazine rings is 1. The summed E-state index contributed by atoms with van der Waals surface area (Å²) in [6.07, 6.45) is -3.70. The van der Waals surface area contributed by atoms with Gasteiger partial charge in [0.2, 0.25) is 88.6 Å². The number of aromatic nitrogens is 1. The van der Waals surface area contributed by atoms with Crippen molar-refractivity contribution in [2.75, 3.05) is 78.5 Å². The molecule has 38 nitrogen and oxygen atoms in total. The van der Waals surface area contributed by atoms with Gasteiger partial charge in [-0.3, -0.25) is 76.7 Å². The van der Waals surface area contributed by atoms with Crippen LogP contribution in [0.3, 0.4) is 0 Å². The van der Waals surface area contributed by atoms with Crippen molar-refractivity contribution in [3.63, 3.8) is 0 Å². The van der Waals surface area contributed by atoms with E-state index < -0.39 is 271 Å². The first-order valence-electron chi connectivity index (χ1n) is 43.8. The van der Waals surface area contributed by atoms with Crippen molar-refractivity contribution in [3.8, 4) is 5.75 Å². The molecule has 5 aromatic carbocycles. The number of amides is 15. The number of hydrogen-bond donors (Lipinski definition) is 17. The highest BCUT2D eigenvalue weighted by Gasteiger charge is 2.48. The third kappa shape index (κ3) is 28.7. The number of aromatic amines is 1. The standard InChI is InChI=1S/C91H117F3N18O20S/c1-7-8-25-69-90(131)112-47-57(115)42-71(112)85(126)105-66(43-76(118)119)83(124)107-78(50(2)3)91(132)109(5)70(39-51-18-11-9-12-19-51)84(125)102-63(24-17-31-95)88(129)111-33-32-97-45-73(111)86(127)104-65(41-55-44-98-61-23-16-15-22-58(55)61)82(123)103-64(37-53-26-28-56(114)29-27-53)81(122)101-62(30-34-113)80(121)106-68(79(120)99-46-74(96)116)48-133-49-75(117)100-67(38-54-35-59(92)77(94)60(93)36-54)87(128)110(6)72(89(130)108(69)4)40-52-20-13-10-14-21-52/h9-16,18-23,26-29,35-36,44,50,57,62-73,78,97-98,113-115H,7-8,17,24-25,30-34,37-43,45-49,95H2,1-6H3,(H2,96,116)(H,99,120)(H,100,117)(H,101,122)(H,102,125)(H,103,123)(H,104,127)(H,105,126)(H,106,121)(H,107,124)(H,118,119)/t57-,62+,63+,64+,65-,66+,67+,68+,69+,70+,71-,72+,73-,78+/m1/s1. The molecule has 133 heavy (non-hydrogen) atoms. The molecule has 0 aliphatic carbocycles. The van der Waals surface area contributed by atoms with Gasteiger partial charge in [-0.2, -0.15) is 0 Å². The molecule has 15 amide bonds. The van der Waals surface area contributed by atoms with Gasteiger partial charge in [-0.15, -0.1) is 11.8 Å². The van der Waals surface area contributed by atoms with E-state index in [-0.39, 0.29) is 76.9 Å². The van der Waals surface area contributed by atoms with E-state index in [1.54, 1.807) is 98.0 Å². The smallest absolute Gasteiger partial charge is 0.305 e. The molecule has 19 N–H and O–H groups in total. The zero-order valence-corrected chi connectivity index (χ0v) is 75.4. The summed E-state index contributed by atoms with van der Waals surface area (Å²) in [5.74, 6) is -24.8. The van der Waals surface area contributed by atoms with E-state index in [9.17, 15) is 58.4 Å². The number of carbonyl (C=O) groups is 16. The van der Waals surface area contributed by atoms with E-state index >= 15 is 51.9 Å². The number of unbranched alkanes of at least 4 members (excludes halogenated alkanes) is 1. The van der Waals surface area contributed by atoms with Gasteiger partial charge in [-0.25, -0.2) is 13.2 Å². The number of likely N-dealkylation sites (N-methyl/N-ethyl adjacent to an activating group) is 3. The Balaban J connectivity index is 1.13. The van der Waals surface area contributed by atoms with Crippen LogP contribution in [0.5, 0.6) is 5.75 Å². The first-order valence-corrected chi connectivity index (χ1v) is 45.0. The van der Waals surface area contributed by atoms with E-state index in [0.29, 0.717) is 63.5 Å². The number of H-pyrrole nitrogens is 1. The van der Waals surface area contributed by atoms with Gasteiger partial charge in [-0.1, -0.05) is 125 Å². The Kier molecular flexibility index (Phi) is 38.5. The zero-order chi connectivity index (χ0) is 97.0. The molecular weight excluding hydrogens is 1750 g/mol. The Morgan fingerprint density at radius 3 is 1.74 bits per heavy atom. The maximum atomic E-state index is 15.7. The van der Waals surface area contributed by atoms with Gasteiger partial charge < -0.3 is 115 Å². The van der Waals surface area contributed by atoms with Gasteiger partial charge in [-0.05, 0) is 96.3 Å². The monoisotopic (exact) mass is 1870 g/mol. The number of aliphatic hydroxyl groups excluding tert-OH is 2. The lowest BCUT2D eigenvalue weighted by molar-refractivity contribution is -0.152. The summed E-state index contributed by atoms with van der Waals surface area (Å²) in [4.78, 5) is 245. The van der Waals surface area contributed by atoms with Crippen LogP contribution in [-0.4, -0.2) is 308 Å². The fraction of sp³-hybridized carbons (Fsp3) is 0.473. The molecule has 0 spiro atoms. The van der Waals surface area contributed by atoms with Crippen LogP contribution in [-0.2, 0) is 109 Å². The van der Waals surface area contributed by atoms with Crippen molar-refractivity contribution >= 4 is 117 Å². The summed E-state index contributed by atoms with van der Waals surface area (Å²) in [6, 6.07) is 8.09. The number of aromatic hydroxyl groups is 1. The lowest BCUT2D eigenvalue weighted by Gasteiger charge is -2.38. The number of carbonyl (C=O) groups excluding carboxylic acids is 15. The van der Waals surface area contributed by atoms with Crippen LogP contribution in [0.1, 0.15) is 100.0 Å². The number of phenolic OH excluding ortho intramolecular Hbond substituents is 1. The van der Waals surface area contributed by atoms with Crippen LogP contribution >= 0.6 is 11.8 Å². The number of hydrogen-bond acceptors (Lipinski definition) is 22. The largest absolute Gasteiger partial charge is 0.508 e. The van der Waals surface area contributed by atoms with Crippen molar-refractivity contribution in [1.29, 1.82) is 0 Å². The quantitative estimate of drug-likeness (QED) is 0.0314. The van der Waals surface area contributed by atoms with Crippen molar-refractivity contribution in [3.05, 3.63) is 173 Å². The summed E-state index contributed by atoms with van der Waals surface area (Å²) in [7, 11) is 3.64. The van der Waals surface area contributed by atoms with Gasteiger partial charge in [0.05, 0.1) is 24.8 Å². The molecule has 9 rings (SSSR count). The number of carboxylic acid groups (broad SMARTS) is 1. The average Bonchev–Trinajstić information content (AvgIpc) is 1.70. The van der Waals surface area contributed by atoms with Gasteiger partial charge >= 0.3 is 5.97 Å². The van der Waals surface area contributed by atoms with E-state index in [2.05, 4.69) is 58.2 Å². The van der Waals surface area contributed by atoms with Crippen LogP contribution in [0.2, 0.25) is 0 Å². The number of aliphatic hydroxyl groups is 2. The number of halogens is 3. The van der Waals surface area contributed by atoms with Gasteiger partial charge in [0.25, 0.3) is 0 Å². The highest BCUT2D eigenvalue weighted by atomic mass is 32.2. The number of thioether (sulfide) groups is 1. The third-order valence-electron chi connectivity index (χ3n) is 23.4. The molecule has 42 heteroatoms. The van der Waals surface area contributed by atoms with Crippen LogP contribution in [0.15, 0.2) is 128 Å². The summed E-state index contributed by atoms with van der Waals surface area (Å²) < 4.78 is 45.0. The van der Waals surface area contributed by atoms with Crippen molar-refractivity contribution in [2.45, 2.75) is 189 Å². The summed E-state index contributed by atoms with van der Waals surface area (Å²) in [5.41, 5.74) is 13.4. The molecular formula is C91H117F3N18O20S. The second-order valence-electron chi connectivity index (χ2n) is 33.5. The number of primary amides is 1. The molecule has 3 saturated heterocycles. The van der Waals surface area contributed by atoms with E-state index in [0.717, 1.165) is 26.6 Å². The molecule has 0 bridgehead atoms. The van der Waals surface area contributed by atoms with E-state index in [1.807, 2.05) is 0 Å². The minimum absolute atomic E-state index is 0.00946. The van der Waals surface area contributed by atoms with Crippen LogP contribution in [0.25, 0.3) is 10.9 Å². The topological polar surface area (TPSA) is 558 Å². The second-order valence-corrected chi connectivity index (χ2v) is 34.6. The Hall–Kier alpha value is -13.1. The lowest BCUT2D eigenvalue weighted by atomic mass is 9.98. The maximum absolute atomic E-state index is 15.7. The number of benzene rings is 5. The number of nitrogens with two attached hydrogens (primary N) is 2. The summed E-state index contributed by atoms with van der Waals surface area (Å²) in [5, 5.41) is 69.4. The third-order valence-corrected chi connectivity index (χ3v) is 24.5. The first-order chi connectivity index (χ1) is 63.4. The molecule has 718 valence electrons. The van der Waals surface area contributed by atoms with Crippen molar-refractivity contribution in [1.82, 2.24) is 82.7 Å². The summed E-state index contributed by atoms with van der Waals surface area (Å²) in [6.45, 7) is 2.33. The Morgan fingerprint density at radius 1 is 0.556 bits per heavy atom.